The predicted molar refractivity (Wildman–Crippen MR) is 70.8 cm³/mol. The standard InChI is InChI=1S/C9H23N3O2S2/c1-9(5-8-15-3)11-16(13,14)12(2)7-4-6-10/h9,11H,4-8,10H2,1-3H3. The van der Waals surface area contributed by atoms with Crippen molar-refractivity contribution in [1.82, 2.24) is 9.03 Å². The normalized spacial score (nSPS) is 14.3. The number of nitrogens with one attached hydrogen (secondary N) is 1. The zero-order chi connectivity index (χ0) is 12.6. The van der Waals surface area contributed by atoms with Gasteiger partial charge in [-0.25, -0.2) is 0 Å². The lowest BCUT2D eigenvalue weighted by atomic mass is 10.3. The Labute approximate surface area is 103 Å². The molecule has 0 fully saturated rings. The zero-order valence-corrected chi connectivity index (χ0v) is 11.9. The van der Waals surface area contributed by atoms with Crippen molar-refractivity contribution in [2.75, 3.05) is 32.1 Å². The molecule has 0 aromatic rings. The number of hydrogen-bond acceptors (Lipinski definition) is 4. The molecule has 7 heteroatoms. The van der Waals surface area contributed by atoms with E-state index in [0.717, 1.165) is 12.2 Å². The summed E-state index contributed by atoms with van der Waals surface area (Å²) in [6.07, 6.45) is 3.52. The third kappa shape index (κ3) is 6.70. The smallest absolute Gasteiger partial charge is 0.279 e. The average Bonchev–Trinajstić information content (AvgIpc) is 2.22. The van der Waals surface area contributed by atoms with Gasteiger partial charge >= 0.3 is 0 Å². The van der Waals surface area contributed by atoms with Crippen LogP contribution in [-0.4, -0.2) is 50.9 Å². The maximum absolute atomic E-state index is 11.8. The second kappa shape index (κ2) is 8.30. The van der Waals surface area contributed by atoms with E-state index in [0.29, 0.717) is 19.5 Å². The Morgan fingerprint density at radius 2 is 2.12 bits per heavy atom. The van der Waals surface area contributed by atoms with E-state index in [-0.39, 0.29) is 6.04 Å². The molecule has 1 unspecified atom stereocenters. The molecule has 0 aliphatic heterocycles. The van der Waals surface area contributed by atoms with Crippen molar-refractivity contribution in [2.24, 2.45) is 5.73 Å². The third-order valence-corrected chi connectivity index (χ3v) is 4.54. The summed E-state index contributed by atoms with van der Waals surface area (Å²) in [5.74, 6) is 0.955. The Kier molecular flexibility index (Phi) is 8.39. The van der Waals surface area contributed by atoms with Crippen molar-refractivity contribution in [1.29, 1.82) is 0 Å². The number of hydrogen-bond donors (Lipinski definition) is 2. The Morgan fingerprint density at radius 3 is 2.62 bits per heavy atom. The Hall–Kier alpha value is 0.180. The maximum atomic E-state index is 11.8. The van der Waals surface area contributed by atoms with Gasteiger partial charge in [-0.05, 0) is 38.3 Å². The number of thioether (sulfide) groups is 1. The first kappa shape index (κ1) is 16.2. The summed E-state index contributed by atoms with van der Waals surface area (Å²) in [5, 5.41) is 0. The van der Waals surface area contributed by atoms with Gasteiger partial charge in [0.15, 0.2) is 0 Å². The van der Waals surface area contributed by atoms with E-state index in [2.05, 4.69) is 4.72 Å². The van der Waals surface area contributed by atoms with E-state index < -0.39 is 10.2 Å². The molecule has 0 aromatic heterocycles. The predicted octanol–water partition coefficient (Wildman–Crippen LogP) is 0.243. The molecule has 0 aromatic carbocycles. The summed E-state index contributed by atoms with van der Waals surface area (Å²) < 4.78 is 27.5. The lowest BCUT2D eigenvalue weighted by molar-refractivity contribution is 0.443. The molecule has 0 radical (unpaired) electrons. The van der Waals surface area contributed by atoms with Crippen LogP contribution in [-0.2, 0) is 10.2 Å². The Bertz CT molecular complexity index is 270. The fraction of sp³-hybridized carbons (Fsp3) is 1.00. The minimum absolute atomic E-state index is 0.0298. The Balaban J connectivity index is 4.11. The van der Waals surface area contributed by atoms with Crippen LogP contribution in [0.4, 0.5) is 0 Å². The molecule has 0 spiro atoms. The van der Waals surface area contributed by atoms with E-state index in [1.807, 2.05) is 13.2 Å². The zero-order valence-electron chi connectivity index (χ0n) is 10.3. The van der Waals surface area contributed by atoms with E-state index in [4.69, 9.17) is 5.73 Å². The summed E-state index contributed by atoms with van der Waals surface area (Å²) in [6, 6.07) is -0.0298. The van der Waals surface area contributed by atoms with Crippen molar-refractivity contribution < 1.29 is 8.42 Å². The molecule has 0 aliphatic carbocycles. The first-order valence-corrected chi connectivity index (χ1v) is 8.20. The summed E-state index contributed by atoms with van der Waals surface area (Å²) in [4.78, 5) is 0. The van der Waals surface area contributed by atoms with E-state index in [1.54, 1.807) is 18.8 Å². The van der Waals surface area contributed by atoms with Crippen LogP contribution in [0.1, 0.15) is 19.8 Å². The molecule has 3 N–H and O–H groups in total. The maximum Gasteiger partial charge on any atom is 0.279 e. The molecule has 0 rings (SSSR count). The van der Waals surface area contributed by atoms with Gasteiger partial charge in [0.25, 0.3) is 10.2 Å². The molecule has 0 saturated carbocycles. The van der Waals surface area contributed by atoms with Crippen molar-refractivity contribution in [3.63, 3.8) is 0 Å². The first-order valence-electron chi connectivity index (χ1n) is 5.36. The fourth-order valence-electron chi connectivity index (χ4n) is 1.13. The third-order valence-electron chi connectivity index (χ3n) is 2.19. The SMILES string of the molecule is CSCCC(C)NS(=O)(=O)N(C)CCCN. The van der Waals surface area contributed by atoms with Gasteiger partial charge in [0, 0.05) is 19.6 Å². The van der Waals surface area contributed by atoms with Crippen LogP contribution in [0, 0.1) is 0 Å². The molecule has 0 bridgehead atoms. The highest BCUT2D eigenvalue weighted by atomic mass is 32.2. The molecule has 98 valence electrons. The second-order valence-corrected chi connectivity index (χ2v) is 6.56. The van der Waals surface area contributed by atoms with Gasteiger partial charge in [0.05, 0.1) is 0 Å². The van der Waals surface area contributed by atoms with Crippen molar-refractivity contribution >= 4 is 22.0 Å². The molecular weight excluding hydrogens is 246 g/mol. The average molecular weight is 269 g/mol. The molecule has 5 nitrogen and oxygen atoms in total. The first-order chi connectivity index (χ1) is 7.44. The lowest BCUT2D eigenvalue weighted by Gasteiger charge is -2.20. The quantitative estimate of drug-likeness (QED) is 0.629. The fourth-order valence-corrected chi connectivity index (χ4v) is 2.90. The van der Waals surface area contributed by atoms with Crippen LogP contribution in [0.25, 0.3) is 0 Å². The van der Waals surface area contributed by atoms with Gasteiger partial charge in [-0.3, -0.25) is 0 Å². The van der Waals surface area contributed by atoms with Gasteiger partial charge in [-0.1, -0.05) is 0 Å². The van der Waals surface area contributed by atoms with E-state index in [9.17, 15) is 8.42 Å². The number of nitrogens with two attached hydrogens (primary N) is 1. The monoisotopic (exact) mass is 269 g/mol. The highest BCUT2D eigenvalue weighted by Gasteiger charge is 2.19. The summed E-state index contributed by atoms with van der Waals surface area (Å²) in [5.41, 5.74) is 5.34. The van der Waals surface area contributed by atoms with Gasteiger partial charge in [0.1, 0.15) is 0 Å². The summed E-state index contributed by atoms with van der Waals surface area (Å²) in [6.45, 7) is 2.84. The summed E-state index contributed by atoms with van der Waals surface area (Å²) in [7, 11) is -1.77. The van der Waals surface area contributed by atoms with Crippen LogP contribution < -0.4 is 10.5 Å². The van der Waals surface area contributed by atoms with Crippen LogP contribution in [0.2, 0.25) is 0 Å². The van der Waals surface area contributed by atoms with E-state index >= 15 is 0 Å². The molecular formula is C9H23N3O2S2. The topological polar surface area (TPSA) is 75.4 Å². The van der Waals surface area contributed by atoms with Crippen LogP contribution in [0.3, 0.4) is 0 Å². The van der Waals surface area contributed by atoms with Gasteiger partial charge in [0.2, 0.25) is 0 Å². The van der Waals surface area contributed by atoms with Gasteiger partial charge in [-0.2, -0.15) is 29.2 Å². The molecule has 1 atom stereocenters. The van der Waals surface area contributed by atoms with Crippen molar-refractivity contribution in [2.45, 2.75) is 25.8 Å². The van der Waals surface area contributed by atoms with Crippen molar-refractivity contribution in [3.8, 4) is 0 Å². The molecule has 0 amide bonds. The van der Waals surface area contributed by atoms with Gasteiger partial charge in [-0.15, -0.1) is 0 Å². The second-order valence-electron chi connectivity index (χ2n) is 3.77. The molecule has 0 saturated heterocycles. The van der Waals surface area contributed by atoms with Gasteiger partial charge < -0.3 is 5.73 Å². The largest absolute Gasteiger partial charge is 0.330 e. The Morgan fingerprint density at radius 1 is 1.50 bits per heavy atom. The highest BCUT2D eigenvalue weighted by molar-refractivity contribution is 7.98. The molecule has 16 heavy (non-hydrogen) atoms. The number of rotatable bonds is 9. The van der Waals surface area contributed by atoms with E-state index in [1.165, 1.54) is 4.31 Å². The number of nitrogens with zero attached hydrogens (tertiary/aromatic N) is 1. The molecule has 0 aliphatic rings. The minimum atomic E-state index is -3.34. The summed E-state index contributed by atoms with van der Waals surface area (Å²) >= 11 is 1.71. The molecule has 0 heterocycles. The van der Waals surface area contributed by atoms with Crippen LogP contribution in [0.5, 0.6) is 0 Å². The van der Waals surface area contributed by atoms with Crippen LogP contribution in [0.15, 0.2) is 0 Å². The van der Waals surface area contributed by atoms with Crippen LogP contribution >= 0.6 is 11.8 Å². The van der Waals surface area contributed by atoms with Crippen molar-refractivity contribution in [3.05, 3.63) is 0 Å². The minimum Gasteiger partial charge on any atom is -0.330 e. The lowest BCUT2D eigenvalue weighted by Crippen LogP contribution is -2.43. The highest BCUT2D eigenvalue weighted by Crippen LogP contribution is 2.03.